The monoisotopic (exact) mass is 269 g/mol. The predicted molar refractivity (Wildman–Crippen MR) is 69.5 cm³/mol. The lowest BCUT2D eigenvalue weighted by Gasteiger charge is -2.01. The number of nitrogens with two attached hydrogens (primary N) is 2. The van der Waals surface area contributed by atoms with E-state index in [9.17, 15) is 8.42 Å². The number of aromatic nitrogens is 1. The molecule has 0 aliphatic carbocycles. The maximum absolute atomic E-state index is 11.3. The molecule has 0 radical (unpaired) electrons. The molecule has 4 N–H and O–H groups in total. The number of hydrogen-bond donors (Lipinski definition) is 2. The zero-order valence-electron chi connectivity index (χ0n) is 9.04. The lowest BCUT2D eigenvalue weighted by atomic mass is 10.2. The Kier molecular flexibility index (Phi) is 2.80. The normalized spacial score (nSPS) is 11.6. The van der Waals surface area contributed by atoms with Crippen molar-refractivity contribution in [3.63, 3.8) is 0 Å². The summed E-state index contributed by atoms with van der Waals surface area (Å²) in [5, 5.41) is 0.916. The molecule has 0 aliphatic heterocycles. The van der Waals surface area contributed by atoms with Crippen LogP contribution in [-0.2, 0) is 9.84 Å². The largest absolute Gasteiger partial charge is 0.389 e. The van der Waals surface area contributed by atoms with E-state index in [1.54, 1.807) is 12.1 Å². The Balaban J connectivity index is 2.46. The van der Waals surface area contributed by atoms with E-state index in [0.29, 0.717) is 15.8 Å². The summed E-state index contributed by atoms with van der Waals surface area (Å²) in [5.74, 6) is 0. The lowest BCUT2D eigenvalue weighted by molar-refractivity contribution is 0.602. The first-order valence-corrected chi connectivity index (χ1v) is 7.41. The van der Waals surface area contributed by atoms with Crippen LogP contribution in [0.1, 0.15) is 0 Å². The van der Waals surface area contributed by atoms with Gasteiger partial charge in [-0.3, -0.25) is 0 Å². The van der Waals surface area contributed by atoms with Gasteiger partial charge in [0.2, 0.25) is 0 Å². The minimum absolute atomic E-state index is 0.267. The lowest BCUT2D eigenvalue weighted by Crippen LogP contribution is -1.96. The minimum atomic E-state index is -3.18. The topological polar surface area (TPSA) is 99.1 Å². The third-order valence-corrected chi connectivity index (χ3v) is 4.07. The number of hydrogen-bond acceptors (Lipinski definition) is 6. The molecule has 5 nitrogen and oxygen atoms in total. The van der Waals surface area contributed by atoms with Crippen LogP contribution in [0, 0.1) is 0 Å². The first-order chi connectivity index (χ1) is 7.88. The molecule has 2 aromatic rings. The molecule has 1 aromatic carbocycles. The van der Waals surface area contributed by atoms with Crippen LogP contribution in [0.3, 0.4) is 0 Å². The molecule has 0 saturated heterocycles. The summed E-state index contributed by atoms with van der Waals surface area (Å²) in [6, 6.07) is 6.39. The number of thiazole rings is 1. The Bertz CT molecular complexity index is 645. The molecule has 7 heteroatoms. The van der Waals surface area contributed by atoms with Crippen LogP contribution in [-0.4, -0.2) is 19.7 Å². The molecule has 0 unspecified atom stereocenters. The summed E-state index contributed by atoms with van der Waals surface area (Å²) < 4.78 is 22.6. The van der Waals surface area contributed by atoms with Gasteiger partial charge in [-0.15, -0.1) is 0 Å². The van der Waals surface area contributed by atoms with Crippen molar-refractivity contribution in [3.05, 3.63) is 24.3 Å². The van der Waals surface area contributed by atoms with Gasteiger partial charge >= 0.3 is 0 Å². The van der Waals surface area contributed by atoms with Crippen LogP contribution in [0.5, 0.6) is 0 Å². The third kappa shape index (κ3) is 2.40. The fraction of sp³-hybridized carbons (Fsp3) is 0.100. The van der Waals surface area contributed by atoms with Crippen LogP contribution in [0.25, 0.3) is 11.3 Å². The van der Waals surface area contributed by atoms with Crippen molar-refractivity contribution in [1.82, 2.24) is 4.98 Å². The van der Waals surface area contributed by atoms with Gasteiger partial charge < -0.3 is 11.5 Å². The van der Waals surface area contributed by atoms with Gasteiger partial charge in [0.05, 0.1) is 4.90 Å². The van der Waals surface area contributed by atoms with Gasteiger partial charge in [0.1, 0.15) is 10.7 Å². The van der Waals surface area contributed by atoms with E-state index >= 15 is 0 Å². The molecule has 0 aliphatic rings. The average Bonchev–Trinajstić information content (AvgIpc) is 2.57. The second kappa shape index (κ2) is 4.01. The second-order valence-corrected chi connectivity index (χ2v) is 6.64. The van der Waals surface area contributed by atoms with E-state index in [1.807, 2.05) is 0 Å². The smallest absolute Gasteiger partial charge is 0.182 e. The fourth-order valence-electron chi connectivity index (χ4n) is 1.42. The number of anilines is 2. The van der Waals surface area contributed by atoms with Crippen LogP contribution < -0.4 is 11.5 Å². The van der Waals surface area contributed by atoms with Gasteiger partial charge in [-0.1, -0.05) is 23.5 Å². The number of nitrogens with zero attached hydrogens (tertiary/aromatic N) is 1. The molecule has 0 saturated carbocycles. The van der Waals surface area contributed by atoms with Gasteiger partial charge in [0.15, 0.2) is 15.0 Å². The molecule has 17 heavy (non-hydrogen) atoms. The van der Waals surface area contributed by atoms with Gasteiger partial charge in [-0.05, 0) is 12.1 Å². The molecule has 0 atom stereocenters. The Morgan fingerprint density at radius 3 is 2.18 bits per heavy atom. The van der Waals surface area contributed by atoms with Crippen molar-refractivity contribution in [2.75, 3.05) is 17.7 Å². The van der Waals surface area contributed by atoms with Crippen LogP contribution >= 0.6 is 11.3 Å². The van der Waals surface area contributed by atoms with Crippen LogP contribution in [0.15, 0.2) is 29.2 Å². The fourth-order valence-corrected chi connectivity index (χ4v) is 2.67. The molecule has 90 valence electrons. The highest BCUT2D eigenvalue weighted by molar-refractivity contribution is 7.90. The maximum atomic E-state index is 11.3. The molecule has 0 spiro atoms. The minimum Gasteiger partial charge on any atom is -0.389 e. The van der Waals surface area contributed by atoms with Crippen molar-refractivity contribution >= 4 is 31.3 Å². The highest BCUT2D eigenvalue weighted by atomic mass is 32.2. The summed E-state index contributed by atoms with van der Waals surface area (Å²) in [6.45, 7) is 0. The van der Waals surface area contributed by atoms with Gasteiger partial charge in [0, 0.05) is 11.8 Å². The first-order valence-electron chi connectivity index (χ1n) is 4.70. The summed E-state index contributed by atoms with van der Waals surface area (Å²) in [7, 11) is -3.18. The molecule has 0 fully saturated rings. The standard InChI is InChI=1S/C10H11N3O2S2/c1-17(14,15)7-4-2-6(3-5-7)8-9(11)16-10(12)13-8/h2-5H,11H2,1H3,(H2,12,13). The summed E-state index contributed by atoms with van der Waals surface area (Å²) >= 11 is 1.20. The maximum Gasteiger partial charge on any atom is 0.182 e. The predicted octanol–water partition coefficient (Wildman–Crippen LogP) is 1.38. The zero-order chi connectivity index (χ0) is 12.6. The van der Waals surface area contributed by atoms with Crippen molar-refractivity contribution in [2.45, 2.75) is 4.90 Å². The Hall–Kier alpha value is -1.60. The average molecular weight is 269 g/mol. The van der Waals surface area contributed by atoms with E-state index in [-0.39, 0.29) is 4.90 Å². The zero-order valence-corrected chi connectivity index (χ0v) is 10.7. The Morgan fingerprint density at radius 2 is 1.76 bits per heavy atom. The Labute approximate surface area is 103 Å². The molecule has 2 rings (SSSR count). The van der Waals surface area contributed by atoms with Crippen molar-refractivity contribution < 1.29 is 8.42 Å². The van der Waals surface area contributed by atoms with Crippen molar-refractivity contribution in [1.29, 1.82) is 0 Å². The third-order valence-electron chi connectivity index (χ3n) is 2.23. The second-order valence-electron chi connectivity index (χ2n) is 3.56. The summed E-state index contributed by atoms with van der Waals surface area (Å²) in [5.41, 5.74) is 12.6. The first kappa shape index (κ1) is 11.9. The van der Waals surface area contributed by atoms with Crippen LogP contribution in [0.2, 0.25) is 0 Å². The SMILES string of the molecule is CS(=O)(=O)c1ccc(-c2nc(N)sc2N)cc1. The highest BCUT2D eigenvalue weighted by Gasteiger charge is 2.11. The van der Waals surface area contributed by atoms with Crippen LogP contribution in [0.4, 0.5) is 10.1 Å². The molecular formula is C10H11N3O2S2. The van der Waals surface area contributed by atoms with E-state index in [1.165, 1.54) is 23.5 Å². The highest BCUT2D eigenvalue weighted by Crippen LogP contribution is 2.32. The van der Waals surface area contributed by atoms with E-state index in [2.05, 4.69) is 4.98 Å². The van der Waals surface area contributed by atoms with E-state index in [0.717, 1.165) is 11.8 Å². The molecular weight excluding hydrogens is 258 g/mol. The molecule has 1 heterocycles. The number of nitrogen functional groups attached to an aromatic ring is 2. The summed E-state index contributed by atoms with van der Waals surface area (Å²) in [6.07, 6.45) is 1.16. The number of sulfone groups is 1. The Morgan fingerprint density at radius 1 is 1.18 bits per heavy atom. The van der Waals surface area contributed by atoms with Crippen molar-refractivity contribution in [3.8, 4) is 11.3 Å². The van der Waals surface area contributed by atoms with Gasteiger partial charge in [-0.2, -0.15) is 0 Å². The molecule has 0 amide bonds. The van der Waals surface area contributed by atoms with E-state index in [4.69, 9.17) is 11.5 Å². The van der Waals surface area contributed by atoms with Gasteiger partial charge in [-0.25, -0.2) is 13.4 Å². The van der Waals surface area contributed by atoms with Crippen molar-refractivity contribution in [2.24, 2.45) is 0 Å². The molecule has 0 bridgehead atoms. The number of benzene rings is 1. The van der Waals surface area contributed by atoms with Gasteiger partial charge in [0.25, 0.3) is 0 Å². The quantitative estimate of drug-likeness (QED) is 0.858. The summed E-state index contributed by atoms with van der Waals surface area (Å²) in [4.78, 5) is 4.36. The molecule has 1 aromatic heterocycles. The van der Waals surface area contributed by atoms with E-state index < -0.39 is 9.84 Å². The number of rotatable bonds is 2.